The summed E-state index contributed by atoms with van der Waals surface area (Å²) in [4.78, 5) is 14.2. The lowest BCUT2D eigenvalue weighted by Gasteiger charge is -2.55. The molecule has 0 aromatic heterocycles. The average molecular weight is 742 g/mol. The first-order chi connectivity index (χ1) is 27.1. The minimum Gasteiger partial charge on any atom is -0.468 e. The van der Waals surface area contributed by atoms with Gasteiger partial charge in [0.15, 0.2) is 0 Å². The lowest BCUT2D eigenvalue weighted by Crippen LogP contribution is -2.74. The van der Waals surface area contributed by atoms with Crippen LogP contribution in [0, 0.1) is 0 Å². The molecule has 1 aliphatic heterocycles. The molecule has 0 amide bonds. The Hall–Kier alpha value is -4.93. The number of carbonyl (C=O) groups excluding carboxylic acids is 1. The highest BCUT2D eigenvalue weighted by Crippen LogP contribution is 2.42. The van der Waals surface area contributed by atoms with E-state index in [2.05, 4.69) is 11.9 Å². The van der Waals surface area contributed by atoms with E-state index in [-0.39, 0.29) is 26.2 Å². The zero-order chi connectivity index (χ0) is 38.1. The van der Waals surface area contributed by atoms with Crippen molar-refractivity contribution in [1.29, 1.82) is 0 Å². The maximum Gasteiger partial charge on any atom is 0.326 e. The standard InChI is InChI=1S/C47H51NO7/c1-3-29-47(44(46(49)50-2)48-30-36-19-9-4-10-20-36)45(54-34-40-27-17-8-18-28-40)43(53-33-39-25-15-7-16-26-39)42(52-32-38-23-13-6-14-24-38)41(55-47)35-51-31-37-21-11-5-12-22-37/h3-28,41-45,48H,1,29-35H2,2H3/t41-,42-,43+,44-,45-,47+/m1/s1. The molecule has 8 heteroatoms. The van der Waals surface area contributed by atoms with Gasteiger partial charge in [0.05, 0.1) is 40.1 Å². The van der Waals surface area contributed by atoms with Crippen molar-refractivity contribution in [2.24, 2.45) is 0 Å². The summed E-state index contributed by atoms with van der Waals surface area (Å²) in [5.74, 6) is -0.500. The molecule has 55 heavy (non-hydrogen) atoms. The van der Waals surface area contributed by atoms with Gasteiger partial charge < -0.3 is 28.4 Å². The van der Waals surface area contributed by atoms with Crippen LogP contribution in [0.15, 0.2) is 164 Å². The third-order valence-corrected chi connectivity index (χ3v) is 9.82. The van der Waals surface area contributed by atoms with Crippen molar-refractivity contribution in [3.05, 3.63) is 192 Å². The Morgan fingerprint density at radius 2 is 1.09 bits per heavy atom. The molecule has 0 spiro atoms. The number of esters is 1. The van der Waals surface area contributed by atoms with Crippen LogP contribution in [-0.4, -0.2) is 55.7 Å². The number of carbonyl (C=O) groups is 1. The molecule has 5 aromatic rings. The predicted octanol–water partition coefficient (Wildman–Crippen LogP) is 8.00. The Bertz CT molecular complexity index is 1850. The van der Waals surface area contributed by atoms with Crippen LogP contribution in [0.25, 0.3) is 0 Å². The van der Waals surface area contributed by atoms with E-state index < -0.39 is 42.0 Å². The molecule has 1 N–H and O–H groups in total. The van der Waals surface area contributed by atoms with E-state index >= 15 is 0 Å². The van der Waals surface area contributed by atoms with Gasteiger partial charge in [0.1, 0.15) is 36.1 Å². The molecular weight excluding hydrogens is 691 g/mol. The van der Waals surface area contributed by atoms with E-state index in [4.69, 9.17) is 28.4 Å². The molecule has 1 saturated heterocycles. The number of hydrogen-bond acceptors (Lipinski definition) is 8. The largest absolute Gasteiger partial charge is 0.468 e. The van der Waals surface area contributed by atoms with E-state index in [0.717, 1.165) is 27.8 Å². The second kappa shape index (κ2) is 20.7. The summed E-state index contributed by atoms with van der Waals surface area (Å²) in [6, 6.07) is 48.8. The molecule has 0 aliphatic carbocycles. The van der Waals surface area contributed by atoms with Gasteiger partial charge >= 0.3 is 5.97 Å². The van der Waals surface area contributed by atoms with Gasteiger partial charge in [0.2, 0.25) is 0 Å². The van der Waals surface area contributed by atoms with Gasteiger partial charge in [0, 0.05) is 6.54 Å². The molecule has 0 bridgehead atoms. The van der Waals surface area contributed by atoms with Gasteiger partial charge in [-0.1, -0.05) is 158 Å². The van der Waals surface area contributed by atoms with Gasteiger partial charge in [0.25, 0.3) is 0 Å². The number of methoxy groups -OCH3 is 1. The van der Waals surface area contributed by atoms with Crippen molar-refractivity contribution in [1.82, 2.24) is 5.32 Å². The van der Waals surface area contributed by atoms with Crippen molar-refractivity contribution in [2.75, 3.05) is 13.7 Å². The minimum atomic E-state index is -1.38. The third kappa shape index (κ3) is 10.9. The first-order valence-electron chi connectivity index (χ1n) is 18.8. The Kier molecular flexibility index (Phi) is 14.9. The van der Waals surface area contributed by atoms with Gasteiger partial charge in [-0.25, -0.2) is 0 Å². The normalized spacial score (nSPS) is 21.4. The van der Waals surface area contributed by atoms with Crippen molar-refractivity contribution < 1.29 is 33.2 Å². The molecule has 8 nitrogen and oxygen atoms in total. The summed E-state index contributed by atoms with van der Waals surface area (Å²) in [7, 11) is 1.39. The van der Waals surface area contributed by atoms with Gasteiger partial charge in [-0.3, -0.25) is 10.1 Å². The van der Waals surface area contributed by atoms with E-state index in [1.165, 1.54) is 7.11 Å². The van der Waals surface area contributed by atoms with Crippen molar-refractivity contribution in [3.8, 4) is 0 Å². The predicted molar refractivity (Wildman–Crippen MR) is 213 cm³/mol. The van der Waals surface area contributed by atoms with Crippen molar-refractivity contribution in [3.63, 3.8) is 0 Å². The molecule has 0 radical (unpaired) electrons. The minimum absolute atomic E-state index is 0.149. The SMILES string of the molecule is C=CC[C@@]1([C@H](NCc2ccccc2)C(=O)OC)O[C@H](COCc2ccccc2)[C@@H](OCc2ccccc2)[C@H](OCc2ccccc2)[C@H]1OCc1ccccc1. The number of rotatable bonds is 20. The molecular formula is C47H51NO7. The highest BCUT2D eigenvalue weighted by molar-refractivity contribution is 5.77. The Labute approximate surface area is 325 Å². The summed E-state index contributed by atoms with van der Waals surface area (Å²) < 4.78 is 40.1. The maximum absolute atomic E-state index is 14.2. The van der Waals surface area contributed by atoms with Gasteiger partial charge in [-0.05, 0) is 34.2 Å². The fraction of sp³-hybridized carbons (Fsp3) is 0.298. The van der Waals surface area contributed by atoms with Gasteiger partial charge in [-0.2, -0.15) is 0 Å². The molecule has 0 saturated carbocycles. The average Bonchev–Trinajstić information content (AvgIpc) is 3.24. The first-order valence-corrected chi connectivity index (χ1v) is 18.8. The summed E-state index contributed by atoms with van der Waals surface area (Å²) in [6.07, 6.45) is -0.980. The number of nitrogens with one attached hydrogen (secondary N) is 1. The molecule has 1 heterocycles. The van der Waals surface area contributed by atoms with E-state index in [9.17, 15) is 4.79 Å². The maximum atomic E-state index is 14.2. The fourth-order valence-electron chi connectivity index (χ4n) is 7.12. The highest BCUT2D eigenvalue weighted by atomic mass is 16.6. The number of hydrogen-bond donors (Lipinski definition) is 1. The topological polar surface area (TPSA) is 84.5 Å². The van der Waals surface area contributed by atoms with Crippen LogP contribution in [0.3, 0.4) is 0 Å². The smallest absolute Gasteiger partial charge is 0.326 e. The summed E-state index contributed by atoms with van der Waals surface area (Å²) in [6.45, 7) is 5.82. The Morgan fingerprint density at radius 3 is 1.56 bits per heavy atom. The fourth-order valence-corrected chi connectivity index (χ4v) is 7.12. The molecule has 5 aromatic carbocycles. The summed E-state index contributed by atoms with van der Waals surface area (Å²) >= 11 is 0. The van der Waals surface area contributed by atoms with Crippen LogP contribution >= 0.6 is 0 Å². The van der Waals surface area contributed by atoms with E-state index in [0.29, 0.717) is 19.8 Å². The molecule has 286 valence electrons. The molecule has 6 atom stereocenters. The molecule has 0 unspecified atom stereocenters. The summed E-state index contributed by atoms with van der Waals surface area (Å²) in [5.41, 5.74) is 3.57. The lowest BCUT2D eigenvalue weighted by atomic mass is 9.76. The quantitative estimate of drug-likeness (QED) is 0.0635. The number of benzene rings is 5. The van der Waals surface area contributed by atoms with Crippen LogP contribution in [0.4, 0.5) is 0 Å². The van der Waals surface area contributed by atoms with E-state index in [1.54, 1.807) is 6.08 Å². The summed E-state index contributed by atoms with van der Waals surface area (Å²) in [5, 5.41) is 3.52. The Balaban J connectivity index is 1.45. The second-order valence-corrected chi connectivity index (χ2v) is 13.7. The highest BCUT2D eigenvalue weighted by Gasteiger charge is 2.61. The van der Waals surface area contributed by atoms with Crippen LogP contribution in [0.5, 0.6) is 0 Å². The second-order valence-electron chi connectivity index (χ2n) is 13.7. The van der Waals surface area contributed by atoms with Crippen LogP contribution < -0.4 is 5.32 Å². The first kappa shape index (κ1) is 39.8. The molecule has 6 rings (SSSR count). The van der Waals surface area contributed by atoms with Gasteiger partial charge in [-0.15, -0.1) is 6.58 Å². The van der Waals surface area contributed by atoms with Crippen LogP contribution in [-0.2, 0) is 66.2 Å². The lowest BCUT2D eigenvalue weighted by molar-refractivity contribution is -0.313. The molecule has 1 fully saturated rings. The molecule has 1 aliphatic rings. The zero-order valence-corrected chi connectivity index (χ0v) is 31.4. The van der Waals surface area contributed by atoms with Crippen LogP contribution in [0.2, 0.25) is 0 Å². The monoisotopic (exact) mass is 741 g/mol. The van der Waals surface area contributed by atoms with Crippen molar-refractivity contribution in [2.45, 2.75) is 75.5 Å². The van der Waals surface area contributed by atoms with Crippen molar-refractivity contribution >= 4 is 5.97 Å². The van der Waals surface area contributed by atoms with E-state index in [1.807, 2.05) is 152 Å². The third-order valence-electron chi connectivity index (χ3n) is 9.82. The number of ether oxygens (including phenoxy) is 6. The zero-order valence-electron chi connectivity index (χ0n) is 31.4. The van der Waals surface area contributed by atoms with Crippen LogP contribution in [0.1, 0.15) is 34.2 Å². The Morgan fingerprint density at radius 1 is 0.655 bits per heavy atom.